The minimum Gasteiger partial charge on any atom is -0.388 e. The van der Waals surface area contributed by atoms with Gasteiger partial charge >= 0.3 is 0 Å². The predicted molar refractivity (Wildman–Crippen MR) is 74.2 cm³/mol. The summed E-state index contributed by atoms with van der Waals surface area (Å²) in [4.78, 5) is 16.5. The smallest absolute Gasteiger partial charge is 0.244 e. The van der Waals surface area contributed by atoms with Gasteiger partial charge in [-0.25, -0.2) is 5.48 Å². The van der Waals surface area contributed by atoms with Crippen molar-refractivity contribution >= 4 is 5.91 Å². The number of hydroxylamine groups is 1. The van der Waals surface area contributed by atoms with E-state index < -0.39 is 6.10 Å². The number of carbonyl (C=O) groups excluding carboxylic acids is 1. The molecule has 106 valence electrons. The van der Waals surface area contributed by atoms with Crippen LogP contribution in [-0.2, 0) is 9.63 Å². The highest BCUT2D eigenvalue weighted by atomic mass is 16.6. The van der Waals surface area contributed by atoms with Crippen LogP contribution in [0.4, 0.5) is 0 Å². The molecule has 0 saturated heterocycles. The van der Waals surface area contributed by atoms with Crippen LogP contribution in [0.5, 0.6) is 0 Å². The maximum atomic E-state index is 11.5. The molecule has 0 saturated carbocycles. The van der Waals surface area contributed by atoms with Crippen molar-refractivity contribution in [2.24, 2.45) is 5.41 Å². The molecule has 0 bridgehead atoms. The zero-order valence-corrected chi connectivity index (χ0v) is 11.8. The Morgan fingerprint density at radius 3 is 2.53 bits per heavy atom. The van der Waals surface area contributed by atoms with Crippen molar-refractivity contribution < 1.29 is 14.7 Å². The highest BCUT2D eigenvalue weighted by molar-refractivity contribution is 5.75. The predicted octanol–water partition coefficient (Wildman–Crippen LogP) is 2.59. The molecule has 0 aliphatic carbocycles. The van der Waals surface area contributed by atoms with Gasteiger partial charge in [0.1, 0.15) is 0 Å². The lowest BCUT2D eigenvalue weighted by molar-refractivity contribution is -0.136. The number of aliphatic hydroxyl groups excluding tert-OH is 1. The van der Waals surface area contributed by atoms with E-state index in [0.717, 1.165) is 5.56 Å². The molecule has 0 unspecified atom stereocenters. The quantitative estimate of drug-likeness (QED) is 0.614. The molecule has 19 heavy (non-hydrogen) atoms. The molecule has 1 amide bonds. The van der Waals surface area contributed by atoms with Gasteiger partial charge in [-0.3, -0.25) is 9.63 Å². The van der Waals surface area contributed by atoms with Crippen LogP contribution in [0, 0.1) is 5.41 Å². The van der Waals surface area contributed by atoms with Crippen molar-refractivity contribution in [1.29, 1.82) is 0 Å². The average Bonchev–Trinajstić information content (AvgIpc) is 2.33. The first-order chi connectivity index (χ1) is 8.88. The summed E-state index contributed by atoms with van der Waals surface area (Å²) in [7, 11) is 0. The summed E-state index contributed by atoms with van der Waals surface area (Å²) in [5, 5.41) is 9.88. The van der Waals surface area contributed by atoms with Gasteiger partial charge in [0.05, 0.1) is 12.7 Å². The van der Waals surface area contributed by atoms with Gasteiger partial charge in [0.2, 0.25) is 5.91 Å². The third-order valence-electron chi connectivity index (χ3n) is 2.55. The normalized spacial score (nSPS) is 13.1. The topological polar surface area (TPSA) is 58.6 Å². The zero-order valence-electron chi connectivity index (χ0n) is 11.8. The molecule has 1 aromatic carbocycles. The van der Waals surface area contributed by atoms with E-state index in [-0.39, 0.29) is 17.9 Å². The Morgan fingerprint density at radius 1 is 1.32 bits per heavy atom. The van der Waals surface area contributed by atoms with Crippen molar-refractivity contribution in [1.82, 2.24) is 5.48 Å². The van der Waals surface area contributed by atoms with Gasteiger partial charge in [0.25, 0.3) is 0 Å². The molecule has 4 nitrogen and oxygen atoms in total. The van der Waals surface area contributed by atoms with E-state index in [9.17, 15) is 9.90 Å². The van der Waals surface area contributed by atoms with Crippen molar-refractivity contribution in [3.05, 3.63) is 35.9 Å². The number of hydrogen-bond donors (Lipinski definition) is 2. The standard InChI is InChI=1S/C15H23NO3/c1-15(2,3)11-14(18)16-19-10-9-13(17)12-7-5-4-6-8-12/h4-8,13,17H,9-11H2,1-3H3,(H,16,18)/t13-/m1/s1. The second kappa shape index (κ2) is 7.26. The zero-order chi connectivity index (χ0) is 14.3. The molecular formula is C15H23NO3. The fourth-order valence-electron chi connectivity index (χ4n) is 1.66. The lowest BCUT2D eigenvalue weighted by Crippen LogP contribution is -2.28. The van der Waals surface area contributed by atoms with Crippen molar-refractivity contribution in [2.75, 3.05) is 6.61 Å². The van der Waals surface area contributed by atoms with Crippen molar-refractivity contribution in [3.63, 3.8) is 0 Å². The average molecular weight is 265 g/mol. The van der Waals surface area contributed by atoms with Gasteiger partial charge in [0.15, 0.2) is 0 Å². The second-order valence-corrected chi connectivity index (χ2v) is 5.83. The molecule has 1 aromatic rings. The molecule has 0 aliphatic heterocycles. The van der Waals surface area contributed by atoms with Gasteiger partial charge in [0, 0.05) is 12.8 Å². The van der Waals surface area contributed by atoms with Gasteiger partial charge < -0.3 is 5.11 Å². The lowest BCUT2D eigenvalue weighted by atomic mass is 9.92. The molecule has 1 atom stereocenters. The number of benzene rings is 1. The van der Waals surface area contributed by atoms with Gasteiger partial charge in [-0.1, -0.05) is 51.1 Å². The molecule has 1 rings (SSSR count). The lowest BCUT2D eigenvalue weighted by Gasteiger charge is -2.17. The number of hydrogen-bond acceptors (Lipinski definition) is 3. The van der Waals surface area contributed by atoms with Crippen LogP contribution in [-0.4, -0.2) is 17.6 Å². The molecule has 0 radical (unpaired) electrons. The summed E-state index contributed by atoms with van der Waals surface area (Å²) >= 11 is 0. The Labute approximate surface area is 114 Å². The summed E-state index contributed by atoms with van der Waals surface area (Å²) in [6, 6.07) is 9.39. The summed E-state index contributed by atoms with van der Waals surface area (Å²) in [6.07, 6.45) is 0.286. The molecular weight excluding hydrogens is 242 g/mol. The first-order valence-corrected chi connectivity index (χ1v) is 6.52. The number of rotatable bonds is 6. The van der Waals surface area contributed by atoms with Gasteiger partial charge in [-0.15, -0.1) is 0 Å². The van der Waals surface area contributed by atoms with E-state index in [2.05, 4.69) is 5.48 Å². The maximum absolute atomic E-state index is 11.5. The van der Waals surface area contributed by atoms with Gasteiger partial charge in [-0.05, 0) is 11.0 Å². The fourth-order valence-corrected chi connectivity index (χ4v) is 1.66. The van der Waals surface area contributed by atoms with Crippen LogP contribution < -0.4 is 5.48 Å². The minimum absolute atomic E-state index is 0.0585. The van der Waals surface area contributed by atoms with Crippen LogP contribution in [0.2, 0.25) is 0 Å². The van der Waals surface area contributed by atoms with E-state index in [0.29, 0.717) is 12.8 Å². The first kappa shape index (κ1) is 15.7. The number of amides is 1. The third kappa shape index (κ3) is 6.94. The van der Waals surface area contributed by atoms with E-state index in [1.807, 2.05) is 51.1 Å². The number of aliphatic hydroxyl groups is 1. The molecule has 0 fully saturated rings. The van der Waals surface area contributed by atoms with E-state index in [1.165, 1.54) is 0 Å². The summed E-state index contributed by atoms with van der Waals surface area (Å²) in [6.45, 7) is 6.26. The summed E-state index contributed by atoms with van der Waals surface area (Å²) < 4.78 is 0. The Morgan fingerprint density at radius 2 is 1.95 bits per heavy atom. The molecule has 2 N–H and O–H groups in total. The SMILES string of the molecule is CC(C)(C)CC(=O)NOCC[C@@H](O)c1ccccc1. The Hall–Kier alpha value is -1.39. The van der Waals surface area contributed by atoms with Crippen LogP contribution in [0.3, 0.4) is 0 Å². The molecule has 0 spiro atoms. The fraction of sp³-hybridized carbons (Fsp3) is 0.533. The highest BCUT2D eigenvalue weighted by Gasteiger charge is 2.16. The molecule has 0 aromatic heterocycles. The van der Waals surface area contributed by atoms with E-state index in [4.69, 9.17) is 4.84 Å². The minimum atomic E-state index is -0.569. The third-order valence-corrected chi connectivity index (χ3v) is 2.55. The maximum Gasteiger partial charge on any atom is 0.244 e. The Bertz CT molecular complexity index is 384. The first-order valence-electron chi connectivity index (χ1n) is 6.52. The van der Waals surface area contributed by atoms with Crippen LogP contribution in [0.25, 0.3) is 0 Å². The monoisotopic (exact) mass is 265 g/mol. The Kier molecular flexibility index (Phi) is 5.99. The van der Waals surface area contributed by atoms with Crippen LogP contribution in [0.1, 0.15) is 45.3 Å². The van der Waals surface area contributed by atoms with E-state index >= 15 is 0 Å². The number of carbonyl (C=O) groups is 1. The van der Waals surface area contributed by atoms with Crippen LogP contribution in [0.15, 0.2) is 30.3 Å². The second-order valence-electron chi connectivity index (χ2n) is 5.83. The molecule has 0 heterocycles. The highest BCUT2D eigenvalue weighted by Crippen LogP contribution is 2.18. The summed E-state index contributed by atoms with van der Waals surface area (Å²) in [5.41, 5.74) is 3.19. The molecule has 0 aliphatic rings. The summed E-state index contributed by atoms with van der Waals surface area (Å²) in [5.74, 6) is -0.137. The van der Waals surface area contributed by atoms with Crippen molar-refractivity contribution in [2.45, 2.75) is 39.7 Å². The van der Waals surface area contributed by atoms with Crippen molar-refractivity contribution in [3.8, 4) is 0 Å². The van der Waals surface area contributed by atoms with Crippen LogP contribution >= 0.6 is 0 Å². The largest absolute Gasteiger partial charge is 0.388 e. The van der Waals surface area contributed by atoms with Gasteiger partial charge in [-0.2, -0.15) is 0 Å². The number of nitrogens with one attached hydrogen (secondary N) is 1. The molecule has 4 heteroatoms. The van der Waals surface area contributed by atoms with E-state index in [1.54, 1.807) is 0 Å². The Balaban J connectivity index is 2.19.